The van der Waals surface area contributed by atoms with Crippen LogP contribution in [0.25, 0.3) is 0 Å². The third-order valence-corrected chi connectivity index (χ3v) is 4.27. The smallest absolute Gasteiger partial charge is 0.315 e. The van der Waals surface area contributed by atoms with Crippen molar-refractivity contribution in [2.24, 2.45) is 0 Å². The lowest BCUT2D eigenvalue weighted by atomic mass is 10.3. The summed E-state index contributed by atoms with van der Waals surface area (Å²) in [6, 6.07) is 1.46. The Morgan fingerprint density at radius 1 is 1.39 bits per heavy atom. The van der Waals surface area contributed by atoms with Crippen molar-refractivity contribution in [1.82, 2.24) is 15.5 Å². The highest BCUT2D eigenvalue weighted by Gasteiger charge is 2.25. The largest absolute Gasteiger partial charge is 0.407 e. The summed E-state index contributed by atoms with van der Waals surface area (Å²) in [7, 11) is 0. The van der Waals surface area contributed by atoms with Crippen LogP contribution in [0.4, 0.5) is 6.01 Å². The molecule has 0 bridgehead atoms. The van der Waals surface area contributed by atoms with Gasteiger partial charge >= 0.3 is 6.01 Å². The van der Waals surface area contributed by atoms with Crippen LogP contribution in [-0.2, 0) is 6.54 Å². The molecule has 18 heavy (non-hydrogen) atoms. The van der Waals surface area contributed by atoms with E-state index in [1.807, 2.05) is 11.8 Å². The number of nitrogens with one attached hydrogen (secondary N) is 2. The molecule has 1 aliphatic rings. The Labute approximate surface area is 112 Å². The molecular weight excluding hydrogens is 248 g/mol. The maximum Gasteiger partial charge on any atom is 0.315 e. The van der Waals surface area contributed by atoms with Crippen molar-refractivity contribution in [3.05, 3.63) is 5.89 Å². The molecule has 1 aromatic rings. The summed E-state index contributed by atoms with van der Waals surface area (Å²) in [6.45, 7) is 4.82. The zero-order valence-electron chi connectivity index (χ0n) is 11.3. The Hall–Kier alpha value is -0.750. The van der Waals surface area contributed by atoms with Gasteiger partial charge < -0.3 is 15.1 Å². The molecule has 2 atom stereocenters. The second-order valence-corrected chi connectivity index (χ2v) is 6.19. The van der Waals surface area contributed by atoms with Gasteiger partial charge in [-0.05, 0) is 25.5 Å². The minimum absolute atomic E-state index is 0.422. The van der Waals surface area contributed by atoms with Crippen molar-refractivity contribution in [1.29, 1.82) is 0 Å². The van der Waals surface area contributed by atoms with Gasteiger partial charge in [-0.1, -0.05) is 18.9 Å². The molecule has 0 aromatic carbocycles. The zero-order valence-corrected chi connectivity index (χ0v) is 12.1. The van der Waals surface area contributed by atoms with E-state index in [0.29, 0.717) is 30.5 Å². The third-order valence-electron chi connectivity index (χ3n) is 3.17. The fourth-order valence-electron chi connectivity index (χ4n) is 2.13. The van der Waals surface area contributed by atoms with Crippen LogP contribution >= 0.6 is 11.8 Å². The summed E-state index contributed by atoms with van der Waals surface area (Å²) in [5, 5.41) is 15.4. The molecule has 1 fully saturated rings. The van der Waals surface area contributed by atoms with E-state index in [1.165, 1.54) is 19.3 Å². The molecule has 0 spiro atoms. The average molecular weight is 270 g/mol. The van der Waals surface area contributed by atoms with Crippen LogP contribution in [0.3, 0.4) is 0 Å². The lowest BCUT2D eigenvalue weighted by molar-refractivity contribution is 0.455. The SMILES string of the molecule is CSC1CCC(Nc2nnc(CNC(C)C)o2)C1. The molecule has 0 amide bonds. The molecule has 1 aromatic heterocycles. The quantitative estimate of drug-likeness (QED) is 0.827. The first-order chi connectivity index (χ1) is 8.67. The minimum Gasteiger partial charge on any atom is -0.407 e. The molecule has 1 saturated carbocycles. The number of aromatic nitrogens is 2. The van der Waals surface area contributed by atoms with Crippen LogP contribution in [0.2, 0.25) is 0 Å². The number of hydrogen-bond acceptors (Lipinski definition) is 6. The second kappa shape index (κ2) is 6.43. The van der Waals surface area contributed by atoms with Crippen LogP contribution in [0.5, 0.6) is 0 Å². The Kier molecular flexibility index (Phi) is 4.88. The van der Waals surface area contributed by atoms with Gasteiger partial charge in [0.25, 0.3) is 0 Å². The van der Waals surface area contributed by atoms with Gasteiger partial charge in [0.2, 0.25) is 5.89 Å². The van der Waals surface area contributed by atoms with E-state index in [2.05, 4.69) is 40.9 Å². The number of thioether (sulfide) groups is 1. The number of anilines is 1. The van der Waals surface area contributed by atoms with E-state index >= 15 is 0 Å². The van der Waals surface area contributed by atoms with Gasteiger partial charge in [-0.25, -0.2) is 0 Å². The normalized spacial score (nSPS) is 23.8. The van der Waals surface area contributed by atoms with E-state index in [9.17, 15) is 0 Å². The van der Waals surface area contributed by atoms with Crippen molar-refractivity contribution < 1.29 is 4.42 Å². The van der Waals surface area contributed by atoms with Gasteiger partial charge in [-0.15, -0.1) is 5.10 Å². The summed E-state index contributed by atoms with van der Waals surface area (Å²) in [5.74, 6) is 0.644. The molecule has 0 radical (unpaired) electrons. The first-order valence-corrected chi connectivity index (χ1v) is 7.81. The Morgan fingerprint density at radius 3 is 2.89 bits per heavy atom. The zero-order chi connectivity index (χ0) is 13.0. The molecule has 2 unspecified atom stereocenters. The summed E-state index contributed by atoms with van der Waals surface area (Å²) in [4.78, 5) is 0. The predicted octanol–water partition coefficient (Wildman–Crippen LogP) is 2.26. The van der Waals surface area contributed by atoms with Crippen molar-refractivity contribution >= 4 is 17.8 Å². The average Bonchev–Trinajstić information content (AvgIpc) is 2.96. The minimum atomic E-state index is 0.422. The Morgan fingerprint density at radius 2 is 2.22 bits per heavy atom. The molecule has 6 heteroatoms. The van der Waals surface area contributed by atoms with Gasteiger partial charge in [0.05, 0.1) is 6.54 Å². The number of hydrogen-bond donors (Lipinski definition) is 2. The molecule has 0 saturated heterocycles. The molecule has 2 rings (SSSR count). The van der Waals surface area contributed by atoms with E-state index in [-0.39, 0.29) is 0 Å². The highest BCUT2D eigenvalue weighted by atomic mass is 32.2. The maximum atomic E-state index is 5.56. The summed E-state index contributed by atoms with van der Waals surface area (Å²) in [5.41, 5.74) is 0. The summed E-state index contributed by atoms with van der Waals surface area (Å²) < 4.78 is 5.56. The maximum absolute atomic E-state index is 5.56. The molecule has 5 nitrogen and oxygen atoms in total. The fourth-order valence-corrected chi connectivity index (χ4v) is 2.93. The van der Waals surface area contributed by atoms with Crippen molar-refractivity contribution in [3.63, 3.8) is 0 Å². The van der Waals surface area contributed by atoms with Crippen LogP contribution in [0.15, 0.2) is 4.42 Å². The lowest BCUT2D eigenvalue weighted by Gasteiger charge is -2.09. The van der Waals surface area contributed by atoms with Crippen molar-refractivity contribution in [2.75, 3.05) is 11.6 Å². The fraction of sp³-hybridized carbons (Fsp3) is 0.833. The van der Waals surface area contributed by atoms with Crippen LogP contribution in [0, 0.1) is 0 Å². The van der Waals surface area contributed by atoms with E-state index in [1.54, 1.807) is 0 Å². The third kappa shape index (κ3) is 3.88. The lowest BCUT2D eigenvalue weighted by Crippen LogP contribution is -2.21. The first kappa shape index (κ1) is 13.7. The standard InChI is InChI=1S/C12H22N4OS/c1-8(2)13-7-11-15-16-12(17-11)14-9-4-5-10(6-9)18-3/h8-10,13H,4-7H2,1-3H3,(H,14,16). The molecular formula is C12H22N4OS. The molecule has 102 valence electrons. The Bertz CT molecular complexity index is 369. The first-order valence-electron chi connectivity index (χ1n) is 6.52. The van der Waals surface area contributed by atoms with Crippen molar-refractivity contribution in [2.45, 2.75) is 57.0 Å². The summed E-state index contributed by atoms with van der Waals surface area (Å²) in [6.07, 6.45) is 5.82. The van der Waals surface area contributed by atoms with Gasteiger partial charge in [-0.2, -0.15) is 11.8 Å². The summed E-state index contributed by atoms with van der Waals surface area (Å²) >= 11 is 1.95. The van der Waals surface area contributed by atoms with Crippen molar-refractivity contribution in [3.8, 4) is 0 Å². The van der Waals surface area contributed by atoms with Gasteiger partial charge in [0, 0.05) is 17.3 Å². The van der Waals surface area contributed by atoms with Gasteiger partial charge in [-0.3, -0.25) is 0 Å². The highest BCUT2D eigenvalue weighted by Crippen LogP contribution is 2.29. The molecule has 2 N–H and O–H groups in total. The van der Waals surface area contributed by atoms with E-state index in [0.717, 1.165) is 5.25 Å². The number of nitrogens with zero attached hydrogens (tertiary/aromatic N) is 2. The number of rotatable bonds is 6. The van der Waals surface area contributed by atoms with Crippen LogP contribution in [0.1, 0.15) is 39.0 Å². The predicted molar refractivity (Wildman–Crippen MR) is 74.8 cm³/mol. The van der Waals surface area contributed by atoms with E-state index in [4.69, 9.17) is 4.42 Å². The van der Waals surface area contributed by atoms with Crippen LogP contribution < -0.4 is 10.6 Å². The molecule has 1 heterocycles. The molecule has 0 aliphatic heterocycles. The van der Waals surface area contributed by atoms with E-state index < -0.39 is 0 Å². The van der Waals surface area contributed by atoms with Gasteiger partial charge in [0.15, 0.2) is 0 Å². The second-order valence-electron chi connectivity index (χ2n) is 5.05. The Balaban J connectivity index is 1.80. The highest BCUT2D eigenvalue weighted by molar-refractivity contribution is 7.99. The topological polar surface area (TPSA) is 63.0 Å². The monoisotopic (exact) mass is 270 g/mol. The molecule has 1 aliphatic carbocycles. The van der Waals surface area contributed by atoms with Crippen LogP contribution in [-0.4, -0.2) is 33.8 Å². The van der Waals surface area contributed by atoms with Gasteiger partial charge in [0.1, 0.15) is 0 Å².